The Kier molecular flexibility index (Phi) is 8.62. The summed E-state index contributed by atoms with van der Waals surface area (Å²) in [4.78, 5) is 25.9. The normalized spacial score (nSPS) is 12.4. The fourth-order valence-electron chi connectivity index (χ4n) is 3.86. The minimum Gasteiger partial charge on any atom is -0.350 e. The summed E-state index contributed by atoms with van der Waals surface area (Å²) in [7, 11) is -3.66. The number of hydrogen-bond acceptors (Lipinski definition) is 4. The van der Waals surface area contributed by atoms with Crippen LogP contribution < -0.4 is 5.32 Å². The molecule has 3 aromatic rings. The highest BCUT2D eigenvalue weighted by Crippen LogP contribution is 2.23. The Bertz CT molecular complexity index is 1260. The summed E-state index contributed by atoms with van der Waals surface area (Å²) in [6, 6.07) is 21.2. The molecule has 0 fully saturated rings. The van der Waals surface area contributed by atoms with E-state index >= 15 is 0 Å². The molecule has 5 nitrogen and oxygen atoms in total. The first-order chi connectivity index (χ1) is 16.5. The highest BCUT2D eigenvalue weighted by Gasteiger charge is 2.28. The van der Waals surface area contributed by atoms with Crippen LogP contribution >= 0.6 is 0 Å². The van der Waals surface area contributed by atoms with E-state index in [1.54, 1.807) is 48.5 Å². The summed E-state index contributed by atoms with van der Waals surface area (Å²) in [6.45, 7) is 7.66. The molecular weight excluding hydrogens is 458 g/mol. The largest absolute Gasteiger partial charge is 0.350 e. The van der Waals surface area contributed by atoms with E-state index in [1.165, 1.54) is 0 Å². The van der Waals surface area contributed by atoms with Crippen LogP contribution in [0.25, 0.3) is 0 Å². The number of nitrogens with one attached hydrogen (secondary N) is 1. The maximum absolute atomic E-state index is 13.5. The molecule has 0 aliphatic carbocycles. The zero-order valence-electron chi connectivity index (χ0n) is 20.7. The van der Waals surface area contributed by atoms with E-state index in [0.717, 1.165) is 16.7 Å². The first-order valence-electron chi connectivity index (χ1n) is 11.9. The smallest absolute Gasteiger partial charge is 0.251 e. The number of ketones is 1. The molecule has 0 aromatic heterocycles. The monoisotopic (exact) mass is 491 g/mol. The standard InChI is InChI=1S/C29H33NO4S/c1-20(2)30-29(32)25-15-13-24(14-16-25)28(31)26(12-11-23-9-5-21(3)6-10-23)19-35(33,34)27-17-7-22(4)8-18-27/h5-10,13-18,20,26H,11-12,19H2,1-4H3,(H,30,32). The van der Waals surface area contributed by atoms with E-state index in [2.05, 4.69) is 5.32 Å². The van der Waals surface area contributed by atoms with Crippen molar-refractivity contribution in [3.05, 3.63) is 101 Å². The van der Waals surface area contributed by atoms with Gasteiger partial charge in [-0.25, -0.2) is 8.42 Å². The van der Waals surface area contributed by atoms with Crippen LogP contribution in [0.15, 0.2) is 77.7 Å². The number of aryl methyl sites for hydroxylation is 3. The number of amides is 1. The zero-order chi connectivity index (χ0) is 25.6. The van der Waals surface area contributed by atoms with Crippen molar-refractivity contribution in [2.45, 2.75) is 51.5 Å². The number of hydrogen-bond donors (Lipinski definition) is 1. The maximum Gasteiger partial charge on any atom is 0.251 e. The summed E-state index contributed by atoms with van der Waals surface area (Å²) in [5, 5.41) is 2.82. The van der Waals surface area contributed by atoms with Crippen LogP contribution in [0.2, 0.25) is 0 Å². The molecule has 0 heterocycles. The minimum absolute atomic E-state index is 0.00180. The van der Waals surface area contributed by atoms with Crippen LogP contribution in [-0.4, -0.2) is 31.9 Å². The number of sulfone groups is 1. The lowest BCUT2D eigenvalue weighted by Crippen LogP contribution is -2.30. The van der Waals surface area contributed by atoms with Crippen LogP contribution in [0.5, 0.6) is 0 Å². The quantitative estimate of drug-likeness (QED) is 0.388. The predicted molar refractivity (Wildman–Crippen MR) is 140 cm³/mol. The highest BCUT2D eigenvalue weighted by atomic mass is 32.2. The summed E-state index contributed by atoms with van der Waals surface area (Å²) >= 11 is 0. The van der Waals surface area contributed by atoms with Crippen LogP contribution in [0.4, 0.5) is 0 Å². The van der Waals surface area contributed by atoms with Gasteiger partial charge in [-0.15, -0.1) is 0 Å². The van der Waals surface area contributed by atoms with Crippen molar-refractivity contribution in [1.29, 1.82) is 0 Å². The molecule has 0 saturated heterocycles. The molecule has 0 bridgehead atoms. The second-order valence-corrected chi connectivity index (χ2v) is 11.4. The van der Waals surface area contributed by atoms with Gasteiger partial charge in [0.1, 0.15) is 0 Å². The van der Waals surface area contributed by atoms with Crippen LogP contribution in [-0.2, 0) is 16.3 Å². The molecule has 0 aliphatic rings. The second kappa shape index (κ2) is 11.5. The van der Waals surface area contributed by atoms with Crippen molar-refractivity contribution in [2.24, 2.45) is 5.92 Å². The maximum atomic E-state index is 13.5. The van der Waals surface area contributed by atoms with Gasteiger partial charge in [-0.05, 0) is 70.4 Å². The third kappa shape index (κ3) is 7.36. The Labute approximate surface area is 208 Å². The van der Waals surface area contributed by atoms with Crippen LogP contribution in [0.3, 0.4) is 0 Å². The van der Waals surface area contributed by atoms with E-state index in [1.807, 2.05) is 52.0 Å². The number of carbonyl (C=O) groups excluding carboxylic acids is 2. The van der Waals surface area contributed by atoms with Crippen molar-refractivity contribution in [3.8, 4) is 0 Å². The lowest BCUT2D eigenvalue weighted by molar-refractivity contribution is 0.0920. The van der Waals surface area contributed by atoms with Crippen molar-refractivity contribution in [3.63, 3.8) is 0 Å². The van der Waals surface area contributed by atoms with Gasteiger partial charge in [-0.3, -0.25) is 9.59 Å². The van der Waals surface area contributed by atoms with Crippen LogP contribution in [0, 0.1) is 19.8 Å². The second-order valence-electron chi connectivity index (χ2n) is 9.39. The number of benzene rings is 3. The molecule has 0 aliphatic heterocycles. The lowest BCUT2D eigenvalue weighted by atomic mass is 9.92. The molecule has 0 saturated carbocycles. The van der Waals surface area contributed by atoms with E-state index in [9.17, 15) is 18.0 Å². The molecule has 3 aromatic carbocycles. The Morgan fingerprint density at radius 2 is 1.29 bits per heavy atom. The molecule has 1 atom stereocenters. The molecule has 0 radical (unpaired) electrons. The molecule has 1 unspecified atom stereocenters. The molecule has 35 heavy (non-hydrogen) atoms. The fraction of sp³-hybridized carbons (Fsp3) is 0.310. The topological polar surface area (TPSA) is 80.3 Å². The molecule has 0 spiro atoms. The zero-order valence-corrected chi connectivity index (χ0v) is 21.6. The van der Waals surface area contributed by atoms with Gasteiger partial charge in [-0.2, -0.15) is 0 Å². The summed E-state index contributed by atoms with van der Waals surface area (Å²) < 4.78 is 26.4. The van der Waals surface area contributed by atoms with Crippen molar-refractivity contribution in [2.75, 3.05) is 5.75 Å². The molecule has 1 amide bonds. The van der Waals surface area contributed by atoms with Gasteiger partial charge in [0.25, 0.3) is 5.91 Å². The minimum atomic E-state index is -3.66. The van der Waals surface area contributed by atoms with Crippen molar-refractivity contribution < 1.29 is 18.0 Å². The Morgan fingerprint density at radius 3 is 1.83 bits per heavy atom. The molecule has 6 heteroatoms. The molecule has 184 valence electrons. The van der Waals surface area contributed by atoms with Crippen molar-refractivity contribution in [1.82, 2.24) is 5.32 Å². The lowest BCUT2D eigenvalue weighted by Gasteiger charge is -2.17. The number of rotatable bonds is 10. The van der Waals surface area contributed by atoms with Gasteiger partial charge in [0.2, 0.25) is 0 Å². The Hall–Kier alpha value is -3.25. The van der Waals surface area contributed by atoms with Gasteiger partial charge in [0.05, 0.1) is 10.6 Å². The fourth-order valence-corrected chi connectivity index (χ4v) is 5.45. The third-order valence-corrected chi connectivity index (χ3v) is 7.76. The first kappa shape index (κ1) is 26.4. The van der Waals surface area contributed by atoms with Gasteiger partial charge in [0, 0.05) is 23.1 Å². The van der Waals surface area contributed by atoms with Gasteiger partial charge in [-0.1, -0.05) is 59.7 Å². The average molecular weight is 492 g/mol. The summed E-state index contributed by atoms with van der Waals surface area (Å²) in [5.74, 6) is -1.42. The molecule has 3 rings (SSSR count). The van der Waals surface area contributed by atoms with E-state index in [0.29, 0.717) is 24.0 Å². The van der Waals surface area contributed by atoms with Crippen LogP contribution in [0.1, 0.15) is 57.7 Å². The van der Waals surface area contributed by atoms with E-state index in [-0.39, 0.29) is 28.4 Å². The van der Waals surface area contributed by atoms with Crippen molar-refractivity contribution >= 4 is 21.5 Å². The average Bonchev–Trinajstić information content (AvgIpc) is 2.82. The third-order valence-electron chi connectivity index (χ3n) is 5.92. The Balaban J connectivity index is 1.84. The Morgan fingerprint density at radius 1 is 0.771 bits per heavy atom. The number of Topliss-reactive ketones (excluding diaryl/α,β-unsaturated/α-hetero) is 1. The van der Waals surface area contributed by atoms with E-state index in [4.69, 9.17) is 0 Å². The van der Waals surface area contributed by atoms with Gasteiger partial charge in [0.15, 0.2) is 15.6 Å². The number of carbonyl (C=O) groups is 2. The van der Waals surface area contributed by atoms with Gasteiger partial charge >= 0.3 is 0 Å². The summed E-state index contributed by atoms with van der Waals surface area (Å²) in [5.41, 5.74) is 4.03. The molecule has 1 N–H and O–H groups in total. The van der Waals surface area contributed by atoms with Gasteiger partial charge < -0.3 is 5.32 Å². The first-order valence-corrected chi connectivity index (χ1v) is 13.5. The molecular formula is C29H33NO4S. The van der Waals surface area contributed by atoms with E-state index < -0.39 is 15.8 Å². The SMILES string of the molecule is Cc1ccc(CCC(CS(=O)(=O)c2ccc(C)cc2)C(=O)c2ccc(C(=O)NC(C)C)cc2)cc1. The summed E-state index contributed by atoms with van der Waals surface area (Å²) in [6.07, 6.45) is 0.998. The highest BCUT2D eigenvalue weighted by molar-refractivity contribution is 7.91. The predicted octanol–water partition coefficient (Wildman–Crippen LogP) is 5.35.